The molecule has 0 aliphatic carbocycles. The molecule has 0 saturated carbocycles. The topological polar surface area (TPSA) is 41.7 Å². The lowest BCUT2D eigenvalue weighted by Crippen LogP contribution is -2.49. The molecular weight excluding hydrogens is 222 g/mol. The zero-order valence-corrected chi connectivity index (χ0v) is 10.5. The highest BCUT2D eigenvalue weighted by atomic mass is 32.1. The Balaban J connectivity index is 1.66. The molecule has 2 aliphatic heterocycles. The molecule has 4 nitrogen and oxygen atoms in total. The molecule has 0 spiro atoms. The summed E-state index contributed by atoms with van der Waals surface area (Å²) in [6.45, 7) is 8.32. The molecule has 2 rings (SSSR count). The van der Waals surface area contributed by atoms with E-state index in [-0.39, 0.29) is 0 Å². The van der Waals surface area contributed by atoms with Crippen molar-refractivity contribution in [1.29, 1.82) is 0 Å². The zero-order valence-electron chi connectivity index (χ0n) is 9.73. The summed E-state index contributed by atoms with van der Waals surface area (Å²) in [5, 5.41) is 0. The average molecular weight is 243 g/mol. The Morgan fingerprint density at radius 2 is 1.94 bits per heavy atom. The van der Waals surface area contributed by atoms with E-state index in [0.717, 1.165) is 51.9 Å². The van der Waals surface area contributed by atoms with Crippen molar-refractivity contribution in [2.24, 2.45) is 11.7 Å². The number of rotatable bonds is 4. The summed E-state index contributed by atoms with van der Waals surface area (Å²) < 4.78 is 5.40. The van der Waals surface area contributed by atoms with Crippen molar-refractivity contribution in [3.8, 4) is 0 Å². The van der Waals surface area contributed by atoms with Crippen LogP contribution in [0.1, 0.15) is 6.42 Å². The van der Waals surface area contributed by atoms with E-state index >= 15 is 0 Å². The molecule has 2 saturated heterocycles. The van der Waals surface area contributed by atoms with Crippen LogP contribution in [0.25, 0.3) is 0 Å². The predicted molar refractivity (Wildman–Crippen MR) is 68.6 cm³/mol. The molecule has 5 heteroatoms. The Kier molecular flexibility index (Phi) is 4.52. The SMILES string of the molecule is NC(=S)CN1CCN(CC2CCOC2)CC1. The minimum absolute atomic E-state index is 0.609. The quantitative estimate of drug-likeness (QED) is 0.700. The van der Waals surface area contributed by atoms with Crippen LogP contribution in [0.5, 0.6) is 0 Å². The molecule has 0 amide bonds. The van der Waals surface area contributed by atoms with Gasteiger partial charge < -0.3 is 15.4 Å². The molecule has 2 fully saturated rings. The molecule has 2 N–H and O–H groups in total. The first-order chi connectivity index (χ1) is 7.74. The summed E-state index contributed by atoms with van der Waals surface area (Å²) in [7, 11) is 0. The summed E-state index contributed by atoms with van der Waals surface area (Å²) in [6, 6.07) is 0. The Labute approximate surface area is 103 Å². The van der Waals surface area contributed by atoms with Crippen LogP contribution < -0.4 is 5.73 Å². The summed E-state index contributed by atoms with van der Waals surface area (Å²) in [6.07, 6.45) is 1.23. The molecule has 16 heavy (non-hydrogen) atoms. The third-order valence-corrected chi connectivity index (χ3v) is 3.51. The predicted octanol–water partition coefficient (Wildman–Crippen LogP) is -0.0734. The highest BCUT2D eigenvalue weighted by molar-refractivity contribution is 7.80. The normalized spacial score (nSPS) is 28.4. The van der Waals surface area contributed by atoms with Crippen LogP contribution in [0.3, 0.4) is 0 Å². The van der Waals surface area contributed by atoms with Crippen LogP contribution in [-0.4, -0.2) is 67.3 Å². The summed E-state index contributed by atoms with van der Waals surface area (Å²) in [4.78, 5) is 5.48. The fourth-order valence-electron chi connectivity index (χ4n) is 2.44. The smallest absolute Gasteiger partial charge is 0.0870 e. The van der Waals surface area contributed by atoms with Crippen LogP contribution in [0.4, 0.5) is 0 Å². The maximum absolute atomic E-state index is 5.55. The van der Waals surface area contributed by atoms with Gasteiger partial charge in [-0.2, -0.15) is 0 Å². The number of nitrogens with zero attached hydrogens (tertiary/aromatic N) is 2. The number of thiocarbonyl (C=S) groups is 1. The van der Waals surface area contributed by atoms with Gasteiger partial charge in [0.25, 0.3) is 0 Å². The summed E-state index contributed by atoms with van der Waals surface area (Å²) >= 11 is 4.93. The van der Waals surface area contributed by atoms with Gasteiger partial charge in [0.15, 0.2) is 0 Å². The van der Waals surface area contributed by atoms with E-state index in [4.69, 9.17) is 22.7 Å². The van der Waals surface area contributed by atoms with Gasteiger partial charge in [0.05, 0.1) is 11.6 Å². The van der Waals surface area contributed by atoms with Gasteiger partial charge in [-0.1, -0.05) is 12.2 Å². The van der Waals surface area contributed by atoms with E-state index in [1.54, 1.807) is 0 Å². The Morgan fingerprint density at radius 1 is 1.25 bits per heavy atom. The second kappa shape index (κ2) is 5.91. The van der Waals surface area contributed by atoms with Gasteiger partial charge >= 0.3 is 0 Å². The number of hydrogen-bond donors (Lipinski definition) is 1. The largest absolute Gasteiger partial charge is 0.392 e. The van der Waals surface area contributed by atoms with Crippen molar-refractivity contribution < 1.29 is 4.74 Å². The van der Waals surface area contributed by atoms with Crippen molar-refractivity contribution in [3.05, 3.63) is 0 Å². The molecule has 0 bridgehead atoms. The highest BCUT2D eigenvalue weighted by Gasteiger charge is 2.22. The summed E-state index contributed by atoms with van der Waals surface area (Å²) in [5.74, 6) is 0.752. The third kappa shape index (κ3) is 3.66. The second-order valence-electron chi connectivity index (χ2n) is 4.77. The number of hydrogen-bond acceptors (Lipinski definition) is 4. The van der Waals surface area contributed by atoms with E-state index in [1.165, 1.54) is 13.0 Å². The molecular formula is C11H21N3OS. The molecule has 1 unspecified atom stereocenters. The van der Waals surface area contributed by atoms with Gasteiger partial charge in [-0.05, 0) is 12.3 Å². The van der Waals surface area contributed by atoms with Crippen LogP contribution >= 0.6 is 12.2 Å². The first-order valence-electron chi connectivity index (χ1n) is 6.05. The standard InChI is InChI=1S/C11H21N3OS/c12-11(16)8-14-4-2-13(3-5-14)7-10-1-6-15-9-10/h10H,1-9H2,(H2,12,16). The molecule has 2 aliphatic rings. The zero-order chi connectivity index (χ0) is 11.4. The van der Waals surface area contributed by atoms with Crippen molar-refractivity contribution >= 4 is 17.2 Å². The Bertz CT molecular complexity index is 235. The average Bonchev–Trinajstić information content (AvgIpc) is 2.73. The Morgan fingerprint density at radius 3 is 2.50 bits per heavy atom. The third-order valence-electron chi connectivity index (χ3n) is 3.38. The molecule has 0 radical (unpaired) electrons. The second-order valence-corrected chi connectivity index (χ2v) is 5.30. The lowest BCUT2D eigenvalue weighted by molar-refractivity contribution is 0.120. The molecule has 0 aromatic rings. The van der Waals surface area contributed by atoms with Gasteiger partial charge in [-0.25, -0.2) is 0 Å². The molecule has 0 aromatic carbocycles. The first-order valence-corrected chi connectivity index (χ1v) is 6.45. The van der Waals surface area contributed by atoms with Gasteiger partial charge in [-0.15, -0.1) is 0 Å². The van der Waals surface area contributed by atoms with E-state index in [0.29, 0.717) is 4.99 Å². The van der Waals surface area contributed by atoms with Crippen LogP contribution in [0.2, 0.25) is 0 Å². The number of ether oxygens (including phenoxy) is 1. The molecule has 0 aromatic heterocycles. The van der Waals surface area contributed by atoms with Crippen molar-refractivity contribution in [2.75, 3.05) is 52.5 Å². The maximum Gasteiger partial charge on any atom is 0.0870 e. The molecule has 2 heterocycles. The fourth-order valence-corrected chi connectivity index (χ4v) is 2.63. The Hall–Kier alpha value is -0.230. The van der Waals surface area contributed by atoms with Crippen LogP contribution in [0, 0.1) is 5.92 Å². The number of piperazine rings is 1. The number of nitrogens with two attached hydrogens (primary N) is 1. The molecule has 92 valence electrons. The van der Waals surface area contributed by atoms with E-state index in [9.17, 15) is 0 Å². The van der Waals surface area contributed by atoms with Gasteiger partial charge in [0.2, 0.25) is 0 Å². The van der Waals surface area contributed by atoms with E-state index in [2.05, 4.69) is 9.80 Å². The van der Waals surface area contributed by atoms with E-state index in [1.807, 2.05) is 0 Å². The summed E-state index contributed by atoms with van der Waals surface area (Å²) in [5.41, 5.74) is 5.55. The lowest BCUT2D eigenvalue weighted by atomic mass is 10.1. The van der Waals surface area contributed by atoms with Gasteiger partial charge in [0.1, 0.15) is 0 Å². The lowest BCUT2D eigenvalue weighted by Gasteiger charge is -2.35. The maximum atomic E-state index is 5.55. The van der Waals surface area contributed by atoms with Gasteiger partial charge in [-0.3, -0.25) is 4.90 Å². The first kappa shape index (κ1) is 12.2. The van der Waals surface area contributed by atoms with Crippen molar-refractivity contribution in [2.45, 2.75) is 6.42 Å². The monoisotopic (exact) mass is 243 g/mol. The minimum Gasteiger partial charge on any atom is -0.392 e. The van der Waals surface area contributed by atoms with Crippen molar-refractivity contribution in [1.82, 2.24) is 9.80 Å². The van der Waals surface area contributed by atoms with Gasteiger partial charge in [0, 0.05) is 45.9 Å². The van der Waals surface area contributed by atoms with Crippen LogP contribution in [0.15, 0.2) is 0 Å². The van der Waals surface area contributed by atoms with E-state index < -0.39 is 0 Å². The van der Waals surface area contributed by atoms with Crippen molar-refractivity contribution in [3.63, 3.8) is 0 Å². The minimum atomic E-state index is 0.609. The molecule has 1 atom stereocenters. The van der Waals surface area contributed by atoms with Crippen LogP contribution in [-0.2, 0) is 4.74 Å². The fraction of sp³-hybridized carbons (Fsp3) is 0.909. The highest BCUT2D eigenvalue weighted by Crippen LogP contribution is 2.14.